The van der Waals surface area contributed by atoms with Gasteiger partial charge in [0.25, 0.3) is 0 Å². The largest absolute Gasteiger partial charge is 0.496 e. The second kappa shape index (κ2) is 8.01. The van der Waals surface area contributed by atoms with E-state index in [-0.39, 0.29) is 18.2 Å². The van der Waals surface area contributed by atoms with Crippen LogP contribution in [0.15, 0.2) is 41.3 Å². The Morgan fingerprint density at radius 1 is 1.31 bits per heavy atom. The Kier molecular flexibility index (Phi) is 5.74. The highest BCUT2D eigenvalue weighted by molar-refractivity contribution is 8.01. The van der Waals surface area contributed by atoms with Gasteiger partial charge in [0.1, 0.15) is 5.75 Å². The van der Waals surface area contributed by atoms with Gasteiger partial charge in [-0.1, -0.05) is 23.7 Å². The number of hydrogen-bond acceptors (Lipinski definition) is 4. The van der Waals surface area contributed by atoms with Crippen LogP contribution in [0.2, 0.25) is 5.02 Å². The maximum absolute atomic E-state index is 12.3. The second-order valence-electron chi connectivity index (χ2n) is 6.03. The summed E-state index contributed by atoms with van der Waals surface area (Å²) in [6.07, 6.45) is 0.104. The molecular formula is C19H19ClN2O3S. The van der Waals surface area contributed by atoms with Crippen LogP contribution >= 0.6 is 23.4 Å². The fraction of sp³-hybridized carbons (Fsp3) is 0.263. The summed E-state index contributed by atoms with van der Waals surface area (Å²) in [4.78, 5) is 25.4. The summed E-state index contributed by atoms with van der Waals surface area (Å²) in [6, 6.07) is 11.2. The second-order valence-corrected chi connectivity index (χ2v) is 7.71. The maximum Gasteiger partial charge on any atom is 0.238 e. The molecule has 1 heterocycles. The average molecular weight is 391 g/mol. The van der Waals surface area contributed by atoms with Crippen LogP contribution in [-0.2, 0) is 16.1 Å². The van der Waals surface area contributed by atoms with Crippen LogP contribution in [0.25, 0.3) is 0 Å². The molecule has 0 aliphatic carbocycles. The van der Waals surface area contributed by atoms with Crippen molar-refractivity contribution in [2.75, 3.05) is 12.4 Å². The Balaban J connectivity index is 1.60. The van der Waals surface area contributed by atoms with Gasteiger partial charge in [-0.25, -0.2) is 0 Å². The number of fused-ring (bicyclic) bond motifs is 1. The lowest BCUT2D eigenvalue weighted by Gasteiger charge is -2.23. The number of amides is 2. The summed E-state index contributed by atoms with van der Waals surface area (Å²) in [5.41, 5.74) is 2.67. The van der Waals surface area contributed by atoms with Gasteiger partial charge < -0.3 is 15.4 Å². The van der Waals surface area contributed by atoms with E-state index >= 15 is 0 Å². The van der Waals surface area contributed by atoms with E-state index < -0.39 is 5.25 Å². The van der Waals surface area contributed by atoms with Gasteiger partial charge in [0.05, 0.1) is 18.0 Å². The van der Waals surface area contributed by atoms with Gasteiger partial charge in [-0.3, -0.25) is 9.59 Å². The Hall–Kier alpha value is -2.18. The third kappa shape index (κ3) is 4.31. The predicted molar refractivity (Wildman–Crippen MR) is 104 cm³/mol. The number of halogens is 1. The molecule has 0 radical (unpaired) electrons. The summed E-state index contributed by atoms with van der Waals surface area (Å²) in [5.74, 6) is 0.367. The van der Waals surface area contributed by atoms with Crippen molar-refractivity contribution in [1.82, 2.24) is 5.32 Å². The molecular weight excluding hydrogens is 372 g/mol. The first kappa shape index (κ1) is 18.6. The number of rotatable bonds is 5. The summed E-state index contributed by atoms with van der Waals surface area (Å²) in [6.45, 7) is 2.34. The van der Waals surface area contributed by atoms with Crippen LogP contribution in [0.4, 0.5) is 5.69 Å². The van der Waals surface area contributed by atoms with Crippen molar-refractivity contribution in [3.63, 3.8) is 0 Å². The SMILES string of the molecule is COc1cc(C)ccc1CNC(=O)CC1Sc2ccc(Cl)cc2NC1=O. The van der Waals surface area contributed by atoms with Crippen LogP contribution in [0.5, 0.6) is 5.75 Å². The molecule has 3 rings (SSSR count). The Labute approximate surface area is 161 Å². The third-order valence-electron chi connectivity index (χ3n) is 4.05. The highest BCUT2D eigenvalue weighted by atomic mass is 35.5. The molecule has 0 bridgehead atoms. The van der Waals surface area contributed by atoms with Gasteiger partial charge in [-0.15, -0.1) is 11.8 Å². The van der Waals surface area contributed by atoms with Crippen molar-refractivity contribution < 1.29 is 14.3 Å². The fourth-order valence-corrected chi connectivity index (χ4v) is 3.95. The van der Waals surface area contributed by atoms with Crippen molar-refractivity contribution in [1.29, 1.82) is 0 Å². The molecule has 0 aromatic heterocycles. The first-order chi connectivity index (χ1) is 12.5. The number of methoxy groups -OCH3 is 1. The van der Waals surface area contributed by atoms with Gasteiger partial charge in [0, 0.05) is 28.4 Å². The highest BCUT2D eigenvalue weighted by Crippen LogP contribution is 2.38. The first-order valence-electron chi connectivity index (χ1n) is 8.13. The van der Waals surface area contributed by atoms with E-state index in [1.54, 1.807) is 19.2 Å². The number of nitrogens with one attached hydrogen (secondary N) is 2. The minimum Gasteiger partial charge on any atom is -0.496 e. The molecule has 2 N–H and O–H groups in total. The molecule has 0 fully saturated rings. The van der Waals surface area contributed by atoms with Gasteiger partial charge in [0.15, 0.2) is 0 Å². The molecule has 1 atom stereocenters. The van der Waals surface area contributed by atoms with E-state index in [1.165, 1.54) is 11.8 Å². The van der Waals surface area contributed by atoms with Gasteiger partial charge >= 0.3 is 0 Å². The summed E-state index contributed by atoms with van der Waals surface area (Å²) in [7, 11) is 1.60. The zero-order chi connectivity index (χ0) is 18.7. The Bertz CT molecular complexity index is 857. The lowest BCUT2D eigenvalue weighted by Crippen LogP contribution is -2.34. The number of carbonyl (C=O) groups excluding carboxylic acids is 2. The molecule has 7 heteroatoms. The summed E-state index contributed by atoms with van der Waals surface area (Å²) in [5, 5.41) is 5.76. The molecule has 0 spiro atoms. The summed E-state index contributed by atoms with van der Waals surface area (Å²) >= 11 is 7.32. The molecule has 1 aliphatic heterocycles. The normalized spacial score (nSPS) is 15.8. The molecule has 1 unspecified atom stereocenters. The maximum atomic E-state index is 12.3. The number of carbonyl (C=O) groups is 2. The Morgan fingerprint density at radius 2 is 2.12 bits per heavy atom. The van der Waals surface area contributed by atoms with Gasteiger partial charge in [-0.05, 0) is 36.8 Å². The molecule has 0 saturated carbocycles. The van der Waals surface area contributed by atoms with Crippen molar-refractivity contribution in [2.45, 2.75) is 30.0 Å². The van der Waals surface area contributed by atoms with Crippen LogP contribution in [0, 0.1) is 6.92 Å². The number of anilines is 1. The van der Waals surface area contributed by atoms with Crippen molar-refractivity contribution in [3.05, 3.63) is 52.5 Å². The fourth-order valence-electron chi connectivity index (χ4n) is 2.69. The predicted octanol–water partition coefficient (Wildman–Crippen LogP) is 3.78. The molecule has 5 nitrogen and oxygen atoms in total. The Morgan fingerprint density at radius 3 is 2.88 bits per heavy atom. The zero-order valence-corrected chi connectivity index (χ0v) is 16.0. The molecule has 2 amide bonds. The van der Waals surface area contributed by atoms with Crippen molar-refractivity contribution >= 4 is 40.9 Å². The van der Waals surface area contributed by atoms with Crippen LogP contribution < -0.4 is 15.4 Å². The number of benzene rings is 2. The van der Waals surface area contributed by atoms with E-state index in [0.29, 0.717) is 17.3 Å². The molecule has 26 heavy (non-hydrogen) atoms. The van der Waals surface area contributed by atoms with Crippen LogP contribution in [0.3, 0.4) is 0 Å². The zero-order valence-electron chi connectivity index (χ0n) is 14.5. The lowest BCUT2D eigenvalue weighted by molar-refractivity contribution is -0.124. The summed E-state index contributed by atoms with van der Waals surface area (Å²) < 4.78 is 5.34. The van der Waals surface area contributed by atoms with E-state index in [1.807, 2.05) is 31.2 Å². The number of hydrogen-bond donors (Lipinski definition) is 2. The molecule has 2 aromatic carbocycles. The van der Waals surface area contributed by atoms with Crippen LogP contribution in [0.1, 0.15) is 17.5 Å². The first-order valence-corrected chi connectivity index (χ1v) is 9.39. The smallest absolute Gasteiger partial charge is 0.238 e. The van der Waals surface area contributed by atoms with E-state index in [9.17, 15) is 9.59 Å². The topological polar surface area (TPSA) is 67.4 Å². The van der Waals surface area contributed by atoms with Gasteiger partial charge in [-0.2, -0.15) is 0 Å². The molecule has 0 saturated heterocycles. The van der Waals surface area contributed by atoms with Crippen molar-refractivity contribution in [2.24, 2.45) is 0 Å². The molecule has 1 aliphatic rings. The lowest BCUT2D eigenvalue weighted by atomic mass is 10.1. The monoisotopic (exact) mass is 390 g/mol. The van der Waals surface area contributed by atoms with Crippen LogP contribution in [-0.4, -0.2) is 24.2 Å². The average Bonchev–Trinajstić information content (AvgIpc) is 2.61. The van der Waals surface area contributed by atoms with Crippen molar-refractivity contribution in [3.8, 4) is 5.75 Å². The highest BCUT2D eigenvalue weighted by Gasteiger charge is 2.29. The minimum absolute atomic E-state index is 0.104. The third-order valence-corrected chi connectivity index (χ3v) is 5.56. The molecule has 2 aromatic rings. The van der Waals surface area contributed by atoms with E-state index in [0.717, 1.165) is 21.8 Å². The quantitative estimate of drug-likeness (QED) is 0.815. The number of ether oxygens (including phenoxy) is 1. The molecule has 136 valence electrons. The van der Waals surface area contributed by atoms with Gasteiger partial charge in [0.2, 0.25) is 11.8 Å². The van der Waals surface area contributed by atoms with E-state index in [4.69, 9.17) is 16.3 Å². The minimum atomic E-state index is -0.469. The standard InChI is InChI=1S/C19H19ClN2O3S/c1-11-3-4-12(15(7-11)25-2)10-21-18(23)9-17-19(24)22-14-8-13(20)5-6-16(14)26-17/h3-8,17H,9-10H2,1-2H3,(H,21,23)(H,22,24). The van der Waals surface area contributed by atoms with E-state index in [2.05, 4.69) is 10.6 Å². The number of aryl methyl sites for hydroxylation is 1. The number of thioether (sulfide) groups is 1.